The molecule has 0 aromatic carbocycles. The van der Waals surface area contributed by atoms with E-state index in [-0.39, 0.29) is 0 Å². The molecule has 0 spiro atoms. The van der Waals surface area contributed by atoms with Gasteiger partial charge in [-0.15, -0.1) is 11.3 Å². The maximum Gasteiger partial charge on any atom is 0.0797 e. The Balaban J connectivity index is 1.38. The standard InChI is InChI=1S/C14H22N2S/c1-10-14(17-9-16-10)6-7-15-8-13(11-2-3-11)12-4-5-12/h9,11-13,15H,2-8H2,1H3. The van der Waals surface area contributed by atoms with Gasteiger partial charge in [0.2, 0.25) is 0 Å². The second-order valence-electron chi connectivity index (χ2n) is 5.65. The molecule has 1 aromatic rings. The Morgan fingerprint density at radius 3 is 2.59 bits per heavy atom. The Morgan fingerprint density at radius 1 is 1.35 bits per heavy atom. The summed E-state index contributed by atoms with van der Waals surface area (Å²) in [5.74, 6) is 3.14. The zero-order chi connectivity index (χ0) is 11.7. The third-order valence-electron chi connectivity index (χ3n) is 4.21. The van der Waals surface area contributed by atoms with Gasteiger partial charge < -0.3 is 5.32 Å². The van der Waals surface area contributed by atoms with Gasteiger partial charge in [-0.3, -0.25) is 0 Å². The number of thiazole rings is 1. The Hall–Kier alpha value is -0.410. The third kappa shape index (κ3) is 3.08. The molecular weight excluding hydrogens is 228 g/mol. The molecular formula is C14H22N2S. The number of rotatable bonds is 7. The van der Waals surface area contributed by atoms with Crippen molar-refractivity contribution in [3.63, 3.8) is 0 Å². The summed E-state index contributed by atoms with van der Waals surface area (Å²) in [5.41, 5.74) is 3.18. The SMILES string of the molecule is Cc1ncsc1CCNCC(C1CC1)C1CC1. The lowest BCUT2D eigenvalue weighted by atomic mass is 9.98. The van der Waals surface area contributed by atoms with Crippen LogP contribution in [-0.2, 0) is 6.42 Å². The average molecular weight is 250 g/mol. The van der Waals surface area contributed by atoms with Crippen LogP contribution in [-0.4, -0.2) is 18.1 Å². The first-order valence-electron chi connectivity index (χ1n) is 6.94. The average Bonchev–Trinajstić information content (AvgIpc) is 3.21. The normalized spacial score (nSPS) is 20.1. The first-order valence-corrected chi connectivity index (χ1v) is 7.82. The Kier molecular flexibility index (Phi) is 3.48. The minimum Gasteiger partial charge on any atom is -0.316 e. The molecule has 1 aromatic heterocycles. The molecule has 2 nitrogen and oxygen atoms in total. The summed E-state index contributed by atoms with van der Waals surface area (Å²) in [5, 5.41) is 3.67. The Labute approximate surface area is 108 Å². The molecule has 0 unspecified atom stereocenters. The maximum atomic E-state index is 4.30. The van der Waals surface area contributed by atoms with Crippen LogP contribution in [0.4, 0.5) is 0 Å². The predicted molar refractivity (Wildman–Crippen MR) is 72.4 cm³/mol. The van der Waals surface area contributed by atoms with E-state index in [9.17, 15) is 0 Å². The number of hydrogen-bond donors (Lipinski definition) is 1. The molecule has 0 bridgehead atoms. The van der Waals surface area contributed by atoms with Crippen LogP contribution in [0, 0.1) is 24.7 Å². The van der Waals surface area contributed by atoms with E-state index >= 15 is 0 Å². The van der Waals surface area contributed by atoms with E-state index in [1.54, 1.807) is 11.3 Å². The molecule has 94 valence electrons. The summed E-state index contributed by atoms with van der Waals surface area (Å²) in [6, 6.07) is 0. The van der Waals surface area contributed by atoms with E-state index in [2.05, 4.69) is 17.2 Å². The molecule has 1 heterocycles. The van der Waals surface area contributed by atoms with Gasteiger partial charge in [-0.2, -0.15) is 0 Å². The molecule has 2 fully saturated rings. The molecule has 0 radical (unpaired) electrons. The van der Waals surface area contributed by atoms with Crippen molar-refractivity contribution in [2.75, 3.05) is 13.1 Å². The van der Waals surface area contributed by atoms with Crippen LogP contribution < -0.4 is 5.32 Å². The van der Waals surface area contributed by atoms with Gasteiger partial charge in [0.1, 0.15) is 0 Å². The number of hydrogen-bond acceptors (Lipinski definition) is 3. The molecule has 2 aliphatic carbocycles. The topological polar surface area (TPSA) is 24.9 Å². The van der Waals surface area contributed by atoms with Gasteiger partial charge in [0.15, 0.2) is 0 Å². The van der Waals surface area contributed by atoms with Crippen LogP contribution in [0.1, 0.15) is 36.3 Å². The van der Waals surface area contributed by atoms with Crippen molar-refractivity contribution in [1.82, 2.24) is 10.3 Å². The Bertz CT molecular complexity index is 354. The summed E-state index contributed by atoms with van der Waals surface area (Å²) in [6.45, 7) is 4.50. The highest BCUT2D eigenvalue weighted by Crippen LogP contribution is 2.48. The predicted octanol–water partition coefficient (Wildman–Crippen LogP) is 3.02. The first kappa shape index (κ1) is 11.7. The van der Waals surface area contributed by atoms with Gasteiger partial charge in [-0.05, 0) is 63.3 Å². The van der Waals surface area contributed by atoms with Crippen molar-refractivity contribution in [2.45, 2.75) is 39.0 Å². The monoisotopic (exact) mass is 250 g/mol. The second-order valence-corrected chi connectivity index (χ2v) is 6.59. The summed E-state index contributed by atoms with van der Waals surface area (Å²) < 4.78 is 0. The number of nitrogens with zero attached hydrogens (tertiary/aromatic N) is 1. The van der Waals surface area contributed by atoms with E-state index in [0.717, 1.165) is 30.7 Å². The molecule has 0 saturated heterocycles. The minimum absolute atomic E-state index is 0.998. The van der Waals surface area contributed by atoms with Gasteiger partial charge in [0.05, 0.1) is 11.2 Å². The fourth-order valence-electron chi connectivity index (χ4n) is 2.80. The zero-order valence-electron chi connectivity index (χ0n) is 10.6. The third-order valence-corrected chi connectivity index (χ3v) is 5.20. The Morgan fingerprint density at radius 2 is 2.06 bits per heavy atom. The van der Waals surface area contributed by atoms with Crippen LogP contribution >= 0.6 is 11.3 Å². The summed E-state index contributed by atoms with van der Waals surface area (Å²) in [4.78, 5) is 5.75. The molecule has 17 heavy (non-hydrogen) atoms. The van der Waals surface area contributed by atoms with Gasteiger partial charge in [-0.1, -0.05) is 0 Å². The molecule has 2 saturated carbocycles. The molecule has 0 aliphatic heterocycles. The van der Waals surface area contributed by atoms with E-state index in [4.69, 9.17) is 0 Å². The molecule has 3 heteroatoms. The second kappa shape index (κ2) is 5.07. The van der Waals surface area contributed by atoms with Crippen LogP contribution in [0.3, 0.4) is 0 Å². The molecule has 3 rings (SSSR count). The highest BCUT2D eigenvalue weighted by molar-refractivity contribution is 7.09. The first-order chi connectivity index (χ1) is 8.34. The number of aromatic nitrogens is 1. The molecule has 1 N–H and O–H groups in total. The quantitative estimate of drug-likeness (QED) is 0.752. The van der Waals surface area contributed by atoms with Crippen LogP contribution in [0.2, 0.25) is 0 Å². The van der Waals surface area contributed by atoms with Crippen molar-refractivity contribution in [3.05, 3.63) is 16.1 Å². The van der Waals surface area contributed by atoms with Crippen LogP contribution in [0.25, 0.3) is 0 Å². The van der Waals surface area contributed by atoms with E-state index in [0.29, 0.717) is 0 Å². The lowest BCUT2D eigenvalue weighted by Crippen LogP contribution is -2.27. The van der Waals surface area contributed by atoms with Gasteiger partial charge in [0.25, 0.3) is 0 Å². The smallest absolute Gasteiger partial charge is 0.0797 e. The summed E-state index contributed by atoms with van der Waals surface area (Å²) in [7, 11) is 0. The molecule has 0 amide bonds. The summed E-state index contributed by atoms with van der Waals surface area (Å²) in [6.07, 6.45) is 7.14. The van der Waals surface area contributed by atoms with E-state index in [1.807, 2.05) is 5.51 Å². The van der Waals surface area contributed by atoms with E-state index < -0.39 is 0 Å². The van der Waals surface area contributed by atoms with Crippen molar-refractivity contribution in [2.24, 2.45) is 17.8 Å². The van der Waals surface area contributed by atoms with Crippen LogP contribution in [0.5, 0.6) is 0 Å². The maximum absolute atomic E-state index is 4.30. The zero-order valence-corrected chi connectivity index (χ0v) is 11.4. The van der Waals surface area contributed by atoms with Gasteiger partial charge >= 0.3 is 0 Å². The lowest BCUT2D eigenvalue weighted by molar-refractivity contribution is 0.380. The van der Waals surface area contributed by atoms with Crippen molar-refractivity contribution in [1.29, 1.82) is 0 Å². The largest absolute Gasteiger partial charge is 0.316 e. The molecule has 2 aliphatic rings. The highest BCUT2D eigenvalue weighted by atomic mass is 32.1. The van der Waals surface area contributed by atoms with Crippen LogP contribution in [0.15, 0.2) is 5.51 Å². The van der Waals surface area contributed by atoms with Gasteiger partial charge in [0, 0.05) is 11.4 Å². The fourth-order valence-corrected chi connectivity index (χ4v) is 3.58. The lowest BCUT2D eigenvalue weighted by Gasteiger charge is -2.16. The minimum atomic E-state index is 0.998. The summed E-state index contributed by atoms with van der Waals surface area (Å²) >= 11 is 1.79. The fraction of sp³-hybridized carbons (Fsp3) is 0.786. The van der Waals surface area contributed by atoms with Crippen molar-refractivity contribution >= 4 is 11.3 Å². The van der Waals surface area contributed by atoms with Crippen molar-refractivity contribution in [3.8, 4) is 0 Å². The number of nitrogens with one attached hydrogen (secondary N) is 1. The highest BCUT2D eigenvalue weighted by Gasteiger charge is 2.40. The van der Waals surface area contributed by atoms with Gasteiger partial charge in [-0.25, -0.2) is 4.98 Å². The number of aryl methyl sites for hydroxylation is 1. The van der Waals surface area contributed by atoms with Crippen molar-refractivity contribution < 1.29 is 0 Å². The van der Waals surface area contributed by atoms with E-state index in [1.165, 1.54) is 42.8 Å². The molecule has 0 atom stereocenters.